The molecule has 0 radical (unpaired) electrons. The predicted octanol–water partition coefficient (Wildman–Crippen LogP) is 8.44. The zero-order chi connectivity index (χ0) is 33.2. The molecule has 4 heterocycles. The maximum Gasteiger partial charge on any atom is 0.0964 e. The molecule has 0 bridgehead atoms. The summed E-state index contributed by atoms with van der Waals surface area (Å²) in [5, 5.41) is 20.7. The number of aliphatic imine (C=N–C) groups is 1. The van der Waals surface area contributed by atoms with Gasteiger partial charge in [-0.25, -0.2) is 9.59 Å². The first kappa shape index (κ1) is 33.5. The fraction of sp³-hybridized carbons (Fsp3) is 0.0556. The number of benzene rings is 3. The van der Waals surface area contributed by atoms with Gasteiger partial charge in [-0.3, -0.25) is 19.9 Å². The minimum Gasteiger partial charge on any atom is -0.254 e. The van der Waals surface area contributed by atoms with Gasteiger partial charge in [0.25, 0.3) is 0 Å². The molecule has 0 spiro atoms. The van der Waals surface area contributed by atoms with Crippen molar-refractivity contribution < 1.29 is 34.9 Å². The Morgan fingerprint density at radius 1 is 0.638 bits per heavy atom. The van der Waals surface area contributed by atoms with Crippen LogP contribution in [0.15, 0.2) is 133 Å². The number of allylic oxidation sites excluding steroid dienone is 1. The molecular formula is C36H26Cl2N4O4Ru. The zero-order valence-electron chi connectivity index (χ0n) is 24.5. The van der Waals surface area contributed by atoms with Crippen molar-refractivity contribution in [3.63, 3.8) is 0 Å². The first-order chi connectivity index (χ1) is 22.9. The van der Waals surface area contributed by atoms with Crippen molar-refractivity contribution in [1.29, 1.82) is 0 Å². The van der Waals surface area contributed by atoms with Crippen LogP contribution >= 0.6 is 19.4 Å². The monoisotopic (exact) mass is 750 g/mol. The van der Waals surface area contributed by atoms with Gasteiger partial charge < -0.3 is 10.2 Å². The van der Waals surface area contributed by atoms with Gasteiger partial charge in [0.15, 0.2) is 0 Å². The van der Waals surface area contributed by atoms with Gasteiger partial charge in [-0.05, 0) is 66.1 Å². The van der Waals surface area contributed by atoms with Crippen LogP contribution in [-0.4, -0.2) is 43.3 Å². The molecule has 2 N–H and O–H groups in total. The Kier molecular flexibility index (Phi) is 11.2. The number of hydrogen-bond acceptors (Lipinski definition) is 6. The van der Waals surface area contributed by atoms with Crippen molar-refractivity contribution in [3.05, 3.63) is 156 Å². The molecule has 7 rings (SSSR count). The number of carboxylic acid groups (broad SMARTS) is 2. The molecule has 0 fully saturated rings. The van der Waals surface area contributed by atoms with Gasteiger partial charge in [-0.1, -0.05) is 60.7 Å². The van der Waals surface area contributed by atoms with Crippen LogP contribution in [0, 0.1) is 0 Å². The number of carboxylic acids is 2. The van der Waals surface area contributed by atoms with Gasteiger partial charge in [-0.15, -0.1) is 0 Å². The Hall–Kier alpha value is -4.82. The molecule has 1 aliphatic rings. The number of aromatic nitrogens is 3. The van der Waals surface area contributed by atoms with E-state index in [-0.39, 0.29) is 26.3 Å². The predicted molar refractivity (Wildman–Crippen MR) is 182 cm³/mol. The van der Waals surface area contributed by atoms with Crippen LogP contribution in [0.5, 0.6) is 0 Å². The molecule has 1 aliphatic heterocycles. The van der Waals surface area contributed by atoms with E-state index >= 15 is 0 Å². The first-order valence-corrected chi connectivity index (χ1v) is 18.6. The molecule has 8 nitrogen and oxygen atoms in total. The second-order valence-electron chi connectivity index (χ2n) is 10.3. The number of fused-ring (bicyclic) bond motifs is 3. The van der Waals surface area contributed by atoms with Crippen LogP contribution in [0.1, 0.15) is 44.0 Å². The summed E-state index contributed by atoms with van der Waals surface area (Å²) < 4.78 is 0. The van der Waals surface area contributed by atoms with Gasteiger partial charge in [-0.2, -0.15) is 0 Å². The Bertz CT molecular complexity index is 1960. The van der Waals surface area contributed by atoms with E-state index in [4.69, 9.17) is 19.4 Å². The summed E-state index contributed by atoms with van der Waals surface area (Å²) in [5.41, 5.74) is 4.98. The number of carbonyl (C=O) groups is 2. The number of pyridine rings is 3. The van der Waals surface area contributed by atoms with E-state index in [0.717, 1.165) is 44.3 Å². The number of nitrogens with zero attached hydrogens (tertiary/aromatic N) is 4. The maximum atomic E-state index is 11.2. The van der Waals surface area contributed by atoms with Crippen LogP contribution in [0.3, 0.4) is 0 Å². The molecule has 0 aliphatic carbocycles. The third-order valence-corrected chi connectivity index (χ3v) is 7.61. The Balaban J connectivity index is 0.000000210. The molecule has 47 heavy (non-hydrogen) atoms. The van der Waals surface area contributed by atoms with Gasteiger partial charge in [0, 0.05) is 35.6 Å². The number of rotatable bonds is 5. The summed E-state index contributed by atoms with van der Waals surface area (Å²) in [6.07, 6.45) is 9.72. The van der Waals surface area contributed by atoms with Crippen LogP contribution in [0.2, 0.25) is 0 Å². The topological polar surface area (TPSA) is 126 Å². The molecule has 0 amide bonds. The van der Waals surface area contributed by atoms with Crippen molar-refractivity contribution in [2.75, 3.05) is 0 Å². The van der Waals surface area contributed by atoms with E-state index in [1.165, 1.54) is 0 Å². The SMILES string of the molecule is O=C(O)c1ccc(C2(c3ccc(C(=O)O)cc3)C=NC(c3ccccn3)=CC2)cc1.[Cl][Ru][Cl].c1cnc2c(c1)ccc1cccnc12. The van der Waals surface area contributed by atoms with Crippen molar-refractivity contribution in [3.8, 4) is 0 Å². The van der Waals surface area contributed by atoms with Crippen molar-refractivity contribution in [2.45, 2.75) is 11.8 Å². The minimum absolute atomic E-state index is 0.201. The summed E-state index contributed by atoms with van der Waals surface area (Å²) in [6.45, 7) is 0. The van der Waals surface area contributed by atoms with Crippen molar-refractivity contribution in [2.24, 2.45) is 4.99 Å². The molecule has 0 atom stereocenters. The van der Waals surface area contributed by atoms with Gasteiger partial charge in [0.05, 0.1) is 39.0 Å². The van der Waals surface area contributed by atoms with E-state index in [1.807, 2.05) is 42.6 Å². The maximum absolute atomic E-state index is 11.2. The van der Waals surface area contributed by atoms with Crippen molar-refractivity contribution in [1.82, 2.24) is 15.0 Å². The van der Waals surface area contributed by atoms with Gasteiger partial charge >= 0.3 is 46.5 Å². The summed E-state index contributed by atoms with van der Waals surface area (Å²) in [4.78, 5) is 40.2. The summed E-state index contributed by atoms with van der Waals surface area (Å²) in [6, 6.07) is 31.1. The standard InChI is InChI=1S/C24H18N2O4.C12H8N2.2ClH.Ru/c27-22(28)16-4-8-18(9-5-16)24(19-10-6-17(7-11-19)23(29)30)13-12-21(26-15-24)20-3-1-2-14-25-20;1-3-9-5-6-10-4-2-8-14-12(10)11(9)13-7-1;;;/h1-12,14-15H,13H2,(H,27,28)(H,29,30);1-8H;2*1H;/q;;;;+2/p-2. The fourth-order valence-corrected chi connectivity index (χ4v) is 5.28. The van der Waals surface area contributed by atoms with E-state index < -0.39 is 17.4 Å². The van der Waals surface area contributed by atoms with Crippen LogP contribution < -0.4 is 0 Å². The smallest absolute Gasteiger partial charge is 0.0964 e. The Morgan fingerprint density at radius 3 is 1.53 bits per heavy atom. The molecule has 3 aromatic heterocycles. The summed E-state index contributed by atoms with van der Waals surface area (Å²) in [7, 11) is 9.71. The molecule has 11 heteroatoms. The third kappa shape index (κ3) is 7.77. The fourth-order valence-electron chi connectivity index (χ4n) is 5.28. The van der Waals surface area contributed by atoms with E-state index in [2.05, 4.69) is 44.2 Å². The largest absolute Gasteiger partial charge is 0.254 e. The third-order valence-electron chi connectivity index (χ3n) is 7.61. The zero-order valence-corrected chi connectivity index (χ0v) is 27.8. The summed E-state index contributed by atoms with van der Waals surface area (Å²) >= 11 is -0.346. The molecule has 3 aromatic carbocycles. The Labute approximate surface area is 286 Å². The average molecular weight is 751 g/mol. The van der Waals surface area contributed by atoms with Crippen LogP contribution in [0.25, 0.3) is 27.5 Å². The number of aromatic carboxylic acids is 2. The van der Waals surface area contributed by atoms with Crippen molar-refractivity contribution >= 4 is 65.0 Å². The minimum atomic E-state index is -0.990. The molecular weight excluding hydrogens is 724 g/mol. The molecule has 236 valence electrons. The number of halogens is 2. The van der Waals surface area contributed by atoms with Crippen LogP contribution in [-0.2, 0) is 20.6 Å². The Morgan fingerprint density at radius 2 is 1.13 bits per heavy atom. The van der Waals surface area contributed by atoms with Crippen LogP contribution in [0.4, 0.5) is 0 Å². The normalized spacial score (nSPS) is 13.1. The molecule has 0 unspecified atom stereocenters. The van der Waals surface area contributed by atoms with E-state index in [0.29, 0.717) is 6.42 Å². The summed E-state index contributed by atoms with van der Waals surface area (Å²) in [5.74, 6) is -1.98. The number of hydrogen-bond donors (Lipinski definition) is 2. The quantitative estimate of drug-likeness (QED) is 0.134. The van der Waals surface area contributed by atoms with E-state index in [1.54, 1.807) is 67.1 Å². The second-order valence-corrected chi connectivity index (χ2v) is 12.9. The van der Waals surface area contributed by atoms with E-state index in [9.17, 15) is 19.8 Å². The molecule has 6 aromatic rings. The first-order valence-electron chi connectivity index (χ1n) is 14.1. The van der Waals surface area contributed by atoms with Gasteiger partial charge in [0.2, 0.25) is 0 Å². The molecule has 0 saturated carbocycles. The second kappa shape index (κ2) is 15.7. The average Bonchev–Trinajstić information content (AvgIpc) is 3.13. The van der Waals surface area contributed by atoms with Gasteiger partial charge in [0.1, 0.15) is 0 Å². The molecule has 0 saturated heterocycles.